The third-order valence-corrected chi connectivity index (χ3v) is 2.72. The lowest BCUT2D eigenvalue weighted by Gasteiger charge is -2.29. The molecule has 0 aromatic heterocycles. The molecule has 0 aliphatic carbocycles. The standard InChI is InChI=1S/C11H21NO2/c1-3-14-8-4-6-12-7-5-11(13)10(2)9-12/h10H,3-9H2,1-2H3/t10-/m0/s1. The molecule has 0 aromatic carbocycles. The number of hydrogen-bond donors (Lipinski definition) is 0. The van der Waals surface area contributed by atoms with Crippen molar-refractivity contribution in [2.45, 2.75) is 26.7 Å². The minimum Gasteiger partial charge on any atom is -0.382 e. The van der Waals surface area contributed by atoms with Gasteiger partial charge in [-0.25, -0.2) is 0 Å². The van der Waals surface area contributed by atoms with E-state index in [4.69, 9.17) is 4.74 Å². The van der Waals surface area contributed by atoms with E-state index in [0.29, 0.717) is 5.78 Å². The van der Waals surface area contributed by atoms with Crippen molar-refractivity contribution in [2.75, 3.05) is 32.8 Å². The van der Waals surface area contributed by atoms with Gasteiger partial charge in [0.2, 0.25) is 0 Å². The highest BCUT2D eigenvalue weighted by molar-refractivity contribution is 5.81. The van der Waals surface area contributed by atoms with Crippen LogP contribution in [-0.4, -0.2) is 43.5 Å². The third-order valence-electron chi connectivity index (χ3n) is 2.72. The minimum absolute atomic E-state index is 0.232. The van der Waals surface area contributed by atoms with E-state index in [1.54, 1.807) is 0 Å². The van der Waals surface area contributed by atoms with Crippen LogP contribution in [0, 0.1) is 5.92 Å². The van der Waals surface area contributed by atoms with Crippen LogP contribution in [0.3, 0.4) is 0 Å². The van der Waals surface area contributed by atoms with Gasteiger partial charge < -0.3 is 9.64 Å². The summed E-state index contributed by atoms with van der Waals surface area (Å²) in [6.45, 7) is 8.63. The Morgan fingerprint density at radius 2 is 2.36 bits per heavy atom. The Bertz CT molecular complexity index is 182. The van der Waals surface area contributed by atoms with E-state index in [9.17, 15) is 4.79 Å². The average molecular weight is 199 g/mol. The highest BCUT2D eigenvalue weighted by Crippen LogP contribution is 2.12. The Morgan fingerprint density at radius 3 is 3.00 bits per heavy atom. The molecule has 1 rings (SSSR count). The number of ether oxygens (including phenoxy) is 1. The molecule has 1 atom stereocenters. The zero-order valence-electron chi connectivity index (χ0n) is 9.29. The van der Waals surface area contributed by atoms with Crippen molar-refractivity contribution in [2.24, 2.45) is 5.92 Å². The Labute approximate surface area is 86.4 Å². The second-order valence-electron chi connectivity index (χ2n) is 3.97. The topological polar surface area (TPSA) is 29.5 Å². The van der Waals surface area contributed by atoms with Gasteiger partial charge >= 0.3 is 0 Å². The second kappa shape index (κ2) is 6.14. The van der Waals surface area contributed by atoms with E-state index in [2.05, 4.69) is 4.90 Å². The SMILES string of the molecule is CCOCCCN1CCC(=O)[C@@H](C)C1. The van der Waals surface area contributed by atoms with Crippen LogP contribution in [0.25, 0.3) is 0 Å². The zero-order chi connectivity index (χ0) is 10.4. The molecule has 0 bridgehead atoms. The summed E-state index contributed by atoms with van der Waals surface area (Å²) in [4.78, 5) is 13.6. The molecule has 3 heteroatoms. The fourth-order valence-electron chi connectivity index (χ4n) is 1.83. The number of piperidine rings is 1. The van der Waals surface area contributed by atoms with E-state index in [1.165, 1.54) is 0 Å². The van der Waals surface area contributed by atoms with Gasteiger partial charge in [-0.15, -0.1) is 0 Å². The first-order valence-electron chi connectivity index (χ1n) is 5.57. The molecule has 1 heterocycles. The number of likely N-dealkylation sites (tertiary alicyclic amines) is 1. The highest BCUT2D eigenvalue weighted by Gasteiger charge is 2.22. The van der Waals surface area contributed by atoms with Gasteiger partial charge in [0.05, 0.1) is 0 Å². The molecule has 3 nitrogen and oxygen atoms in total. The number of carbonyl (C=O) groups excluding carboxylic acids is 1. The lowest BCUT2D eigenvalue weighted by Crippen LogP contribution is -2.40. The quantitative estimate of drug-likeness (QED) is 0.625. The molecule has 0 unspecified atom stereocenters. The van der Waals surface area contributed by atoms with Crippen LogP contribution < -0.4 is 0 Å². The molecule has 1 aliphatic rings. The van der Waals surface area contributed by atoms with E-state index in [0.717, 1.165) is 45.7 Å². The van der Waals surface area contributed by atoms with Crippen LogP contribution in [0.2, 0.25) is 0 Å². The molecule has 0 aromatic rings. The zero-order valence-corrected chi connectivity index (χ0v) is 9.29. The van der Waals surface area contributed by atoms with Crippen molar-refractivity contribution in [3.8, 4) is 0 Å². The number of nitrogens with zero attached hydrogens (tertiary/aromatic N) is 1. The van der Waals surface area contributed by atoms with Crippen LogP contribution in [0.15, 0.2) is 0 Å². The molecule has 0 radical (unpaired) electrons. The van der Waals surface area contributed by atoms with Gasteiger partial charge in [0.15, 0.2) is 0 Å². The first-order valence-corrected chi connectivity index (χ1v) is 5.57. The number of carbonyl (C=O) groups is 1. The Hall–Kier alpha value is -0.410. The molecule has 1 fully saturated rings. The van der Waals surface area contributed by atoms with Crippen LogP contribution in [0.1, 0.15) is 26.7 Å². The van der Waals surface area contributed by atoms with Crippen molar-refractivity contribution in [3.63, 3.8) is 0 Å². The summed E-state index contributed by atoms with van der Waals surface area (Å²) in [7, 11) is 0. The Morgan fingerprint density at radius 1 is 1.57 bits per heavy atom. The molecule has 0 spiro atoms. The summed E-state index contributed by atoms with van der Waals surface area (Å²) in [5.41, 5.74) is 0. The molecule has 14 heavy (non-hydrogen) atoms. The molecule has 1 aliphatic heterocycles. The van der Waals surface area contributed by atoms with Crippen molar-refractivity contribution >= 4 is 5.78 Å². The summed E-state index contributed by atoms with van der Waals surface area (Å²) < 4.78 is 5.28. The molecular weight excluding hydrogens is 178 g/mol. The number of ketones is 1. The summed E-state index contributed by atoms with van der Waals surface area (Å²) >= 11 is 0. The van der Waals surface area contributed by atoms with E-state index in [1.807, 2.05) is 13.8 Å². The van der Waals surface area contributed by atoms with Gasteiger partial charge in [0.25, 0.3) is 0 Å². The Balaban J connectivity index is 2.10. The van der Waals surface area contributed by atoms with Crippen LogP contribution in [-0.2, 0) is 9.53 Å². The van der Waals surface area contributed by atoms with Gasteiger partial charge in [0, 0.05) is 45.2 Å². The van der Waals surface area contributed by atoms with Crippen LogP contribution >= 0.6 is 0 Å². The first kappa shape index (κ1) is 11.7. The maximum Gasteiger partial charge on any atom is 0.138 e. The van der Waals surface area contributed by atoms with Crippen molar-refractivity contribution in [3.05, 3.63) is 0 Å². The second-order valence-corrected chi connectivity index (χ2v) is 3.97. The molecule has 0 amide bonds. The number of hydrogen-bond acceptors (Lipinski definition) is 3. The van der Waals surface area contributed by atoms with Gasteiger partial charge in [-0.1, -0.05) is 6.92 Å². The lowest BCUT2D eigenvalue weighted by atomic mass is 9.98. The summed E-state index contributed by atoms with van der Waals surface area (Å²) in [6.07, 6.45) is 1.81. The van der Waals surface area contributed by atoms with Crippen LogP contribution in [0.4, 0.5) is 0 Å². The largest absolute Gasteiger partial charge is 0.382 e. The van der Waals surface area contributed by atoms with E-state index < -0.39 is 0 Å². The maximum absolute atomic E-state index is 11.3. The fraction of sp³-hybridized carbons (Fsp3) is 0.909. The monoisotopic (exact) mass is 199 g/mol. The summed E-state index contributed by atoms with van der Waals surface area (Å²) in [6, 6.07) is 0. The number of rotatable bonds is 5. The molecule has 0 saturated carbocycles. The van der Waals surface area contributed by atoms with Gasteiger partial charge in [-0.2, -0.15) is 0 Å². The van der Waals surface area contributed by atoms with Crippen molar-refractivity contribution < 1.29 is 9.53 Å². The number of Topliss-reactive ketones (excluding diaryl/α,β-unsaturated/α-hetero) is 1. The maximum atomic E-state index is 11.3. The first-order chi connectivity index (χ1) is 6.74. The molecular formula is C11H21NO2. The molecule has 0 N–H and O–H groups in total. The fourth-order valence-corrected chi connectivity index (χ4v) is 1.83. The molecule has 82 valence electrons. The predicted octanol–water partition coefficient (Wildman–Crippen LogP) is 1.32. The van der Waals surface area contributed by atoms with E-state index in [-0.39, 0.29) is 5.92 Å². The predicted molar refractivity (Wildman–Crippen MR) is 56.3 cm³/mol. The smallest absolute Gasteiger partial charge is 0.138 e. The van der Waals surface area contributed by atoms with Gasteiger partial charge in [-0.3, -0.25) is 4.79 Å². The van der Waals surface area contributed by atoms with Crippen LogP contribution in [0.5, 0.6) is 0 Å². The summed E-state index contributed by atoms with van der Waals surface area (Å²) in [5, 5.41) is 0. The van der Waals surface area contributed by atoms with Crippen molar-refractivity contribution in [1.29, 1.82) is 0 Å². The Kier molecular flexibility index (Phi) is 5.12. The summed E-state index contributed by atoms with van der Waals surface area (Å²) in [5.74, 6) is 0.655. The molecule has 1 saturated heterocycles. The van der Waals surface area contributed by atoms with E-state index >= 15 is 0 Å². The van der Waals surface area contributed by atoms with Gasteiger partial charge in [-0.05, 0) is 13.3 Å². The van der Waals surface area contributed by atoms with Gasteiger partial charge in [0.1, 0.15) is 5.78 Å². The minimum atomic E-state index is 0.232. The lowest BCUT2D eigenvalue weighted by molar-refractivity contribution is -0.125. The third kappa shape index (κ3) is 3.76. The van der Waals surface area contributed by atoms with Crippen molar-refractivity contribution in [1.82, 2.24) is 4.90 Å². The normalized spacial score (nSPS) is 24.1. The average Bonchev–Trinajstić information content (AvgIpc) is 2.18. The highest BCUT2D eigenvalue weighted by atomic mass is 16.5.